The number of carbonyl (C=O) groups is 2. The average Bonchev–Trinajstić information content (AvgIpc) is 3.72. The Morgan fingerprint density at radius 2 is 1.64 bits per heavy atom. The second-order valence-electron chi connectivity index (χ2n) is 11.2. The van der Waals surface area contributed by atoms with Crippen molar-refractivity contribution < 1.29 is 29.3 Å². The first-order valence-electron chi connectivity index (χ1n) is 14.9. The minimum atomic E-state index is -1.04. The first-order chi connectivity index (χ1) is 21.9. The monoisotopic (exact) mass is 604 g/mol. The highest BCUT2D eigenvalue weighted by Crippen LogP contribution is 2.51. The molecule has 0 fully saturated rings. The van der Waals surface area contributed by atoms with Crippen LogP contribution < -0.4 is 5.32 Å². The molecule has 0 bridgehead atoms. The van der Waals surface area contributed by atoms with Gasteiger partial charge in [-0.15, -0.1) is 0 Å². The summed E-state index contributed by atoms with van der Waals surface area (Å²) < 4.78 is 14.1. The van der Waals surface area contributed by atoms with Crippen molar-refractivity contribution in [2.24, 2.45) is 0 Å². The van der Waals surface area contributed by atoms with Crippen molar-refractivity contribution in [2.75, 3.05) is 0 Å². The second kappa shape index (κ2) is 11.5. The average molecular weight is 605 g/mol. The summed E-state index contributed by atoms with van der Waals surface area (Å²) >= 11 is 0. The van der Waals surface area contributed by atoms with Crippen molar-refractivity contribution in [3.05, 3.63) is 96.3 Å². The minimum absolute atomic E-state index is 0.0524. The Kier molecular flexibility index (Phi) is 7.17. The van der Waals surface area contributed by atoms with Gasteiger partial charge in [-0.05, 0) is 37.0 Å². The van der Waals surface area contributed by atoms with Crippen LogP contribution in [-0.2, 0) is 40.6 Å². The van der Waals surface area contributed by atoms with Crippen LogP contribution in [0, 0.1) is 0 Å². The van der Waals surface area contributed by atoms with E-state index in [0.29, 0.717) is 16.7 Å². The topological polar surface area (TPSA) is 131 Å². The zero-order chi connectivity index (χ0) is 31.1. The largest absolute Gasteiger partial charge is 0.494 e. The highest BCUT2D eigenvalue weighted by Gasteiger charge is 2.30. The molecular weight excluding hydrogens is 572 g/mol. The number of H-pyrrole nitrogens is 1. The number of hydrogen-bond donors (Lipinski definition) is 4. The molecule has 1 unspecified atom stereocenters. The fraction of sp³-hybridized carbons (Fsp3) is 0.200. The lowest BCUT2D eigenvalue weighted by Gasteiger charge is -2.14. The molecule has 45 heavy (non-hydrogen) atoms. The predicted molar refractivity (Wildman–Crippen MR) is 170 cm³/mol. The van der Waals surface area contributed by atoms with Crippen molar-refractivity contribution >= 4 is 33.9 Å². The standard InChI is InChI=1S/C35H32N4O6/c1-21(37-35(43)44-19-22-9-3-2-4-10-22)34(42)45-20-39-32(40)29(26-17-36-28-15-6-5-13-24(26)28)30(33(39)41)27-18-38-16-8-12-23-11-7-14-25(27)31(23)38/h2-7,9-11,13-15,17-18,21,36,40-41H,8,12,16,19-20H2,1H3,(H,37,43). The van der Waals surface area contributed by atoms with Crippen LogP contribution in [0.15, 0.2) is 85.2 Å². The lowest BCUT2D eigenvalue weighted by atomic mass is 9.96. The molecule has 3 aromatic carbocycles. The van der Waals surface area contributed by atoms with Gasteiger partial charge >= 0.3 is 12.1 Å². The maximum Gasteiger partial charge on any atom is 0.408 e. The van der Waals surface area contributed by atoms with Crippen LogP contribution >= 0.6 is 0 Å². The molecule has 10 nitrogen and oxygen atoms in total. The van der Waals surface area contributed by atoms with Gasteiger partial charge < -0.3 is 34.6 Å². The third-order valence-electron chi connectivity index (χ3n) is 8.40. The lowest BCUT2D eigenvalue weighted by Crippen LogP contribution is -2.40. The SMILES string of the molecule is CC(NC(=O)OCc1ccccc1)C(=O)OCn1c(O)c(-c2c[nH]c3ccccc23)c(-c2cn3c4c(cccc24)CCC3)c1O. The van der Waals surface area contributed by atoms with E-state index >= 15 is 0 Å². The summed E-state index contributed by atoms with van der Waals surface area (Å²) in [7, 11) is 0. The van der Waals surface area contributed by atoms with E-state index in [2.05, 4.69) is 20.9 Å². The molecule has 1 aliphatic heterocycles. The van der Waals surface area contributed by atoms with Crippen LogP contribution in [0.4, 0.5) is 4.79 Å². The molecule has 0 saturated carbocycles. The van der Waals surface area contributed by atoms with Gasteiger partial charge in [0.05, 0.1) is 16.6 Å². The Bertz CT molecular complexity index is 2060. The molecule has 6 aromatic rings. The molecule has 0 saturated heterocycles. The number of carbonyl (C=O) groups excluding carboxylic acids is 2. The molecule has 1 aliphatic rings. The Hall–Kier alpha value is -5.64. The maximum atomic E-state index is 12.9. The summed E-state index contributed by atoms with van der Waals surface area (Å²) in [6, 6.07) is 22.0. The highest BCUT2D eigenvalue weighted by molar-refractivity contribution is 6.08. The molecule has 0 spiro atoms. The van der Waals surface area contributed by atoms with Gasteiger partial charge in [-0.1, -0.05) is 66.7 Å². The van der Waals surface area contributed by atoms with Crippen LogP contribution in [0.3, 0.4) is 0 Å². The Balaban J connectivity index is 1.20. The fourth-order valence-electron chi connectivity index (χ4n) is 6.21. The number of amides is 1. The van der Waals surface area contributed by atoms with Gasteiger partial charge in [-0.25, -0.2) is 14.2 Å². The highest BCUT2D eigenvalue weighted by atomic mass is 16.6. The molecule has 0 aliphatic carbocycles. The van der Waals surface area contributed by atoms with Crippen LogP contribution in [0.25, 0.3) is 44.1 Å². The maximum absolute atomic E-state index is 12.9. The number of rotatable bonds is 8. The van der Waals surface area contributed by atoms with Crippen molar-refractivity contribution in [3.63, 3.8) is 0 Å². The Labute approximate surface area is 258 Å². The number of ether oxygens (including phenoxy) is 2. The third-order valence-corrected chi connectivity index (χ3v) is 8.40. The summed E-state index contributed by atoms with van der Waals surface area (Å²) in [6.45, 7) is 1.88. The quantitative estimate of drug-likeness (QED) is 0.148. The first-order valence-corrected chi connectivity index (χ1v) is 14.9. The van der Waals surface area contributed by atoms with Gasteiger partial charge in [-0.3, -0.25) is 0 Å². The number of nitrogens with zero attached hydrogens (tertiary/aromatic N) is 2. The zero-order valence-electron chi connectivity index (χ0n) is 24.6. The summed E-state index contributed by atoms with van der Waals surface area (Å²) in [4.78, 5) is 28.4. The van der Waals surface area contributed by atoms with Gasteiger partial charge in [-0.2, -0.15) is 0 Å². The minimum Gasteiger partial charge on any atom is -0.494 e. The fourth-order valence-corrected chi connectivity index (χ4v) is 6.21. The van der Waals surface area contributed by atoms with E-state index in [4.69, 9.17) is 9.47 Å². The van der Waals surface area contributed by atoms with Crippen molar-refractivity contribution in [1.82, 2.24) is 19.4 Å². The van der Waals surface area contributed by atoms with Crippen LogP contribution in [0.1, 0.15) is 24.5 Å². The van der Waals surface area contributed by atoms with Crippen molar-refractivity contribution in [2.45, 2.75) is 45.7 Å². The number of aromatic hydroxyl groups is 2. The first kappa shape index (κ1) is 28.1. The summed E-state index contributed by atoms with van der Waals surface area (Å²) in [5.41, 5.74) is 6.35. The van der Waals surface area contributed by atoms with E-state index in [0.717, 1.165) is 56.9 Å². The lowest BCUT2D eigenvalue weighted by molar-refractivity contribution is -0.149. The molecular formula is C35H32N4O6. The predicted octanol–water partition coefficient (Wildman–Crippen LogP) is 6.43. The molecule has 4 N–H and O–H groups in total. The number of benzene rings is 3. The number of hydrogen-bond acceptors (Lipinski definition) is 6. The summed E-state index contributed by atoms with van der Waals surface area (Å²) in [5, 5.41) is 27.7. The second-order valence-corrected chi connectivity index (χ2v) is 11.2. The Morgan fingerprint density at radius 3 is 2.47 bits per heavy atom. The molecule has 3 aromatic heterocycles. The van der Waals surface area contributed by atoms with E-state index in [9.17, 15) is 19.8 Å². The third kappa shape index (κ3) is 5.04. The van der Waals surface area contributed by atoms with E-state index in [1.54, 1.807) is 6.20 Å². The van der Waals surface area contributed by atoms with Gasteiger partial charge in [0.15, 0.2) is 6.73 Å². The zero-order valence-corrected chi connectivity index (χ0v) is 24.6. The molecule has 7 rings (SSSR count). The summed E-state index contributed by atoms with van der Waals surface area (Å²) in [5.74, 6) is -1.26. The van der Waals surface area contributed by atoms with Gasteiger partial charge in [0, 0.05) is 46.4 Å². The molecule has 1 atom stereocenters. The van der Waals surface area contributed by atoms with Crippen molar-refractivity contribution in [1.29, 1.82) is 0 Å². The van der Waals surface area contributed by atoms with Gasteiger partial charge in [0.2, 0.25) is 11.8 Å². The summed E-state index contributed by atoms with van der Waals surface area (Å²) in [6.07, 6.45) is 5.02. The molecule has 1 amide bonds. The molecule has 228 valence electrons. The van der Waals surface area contributed by atoms with E-state index in [-0.39, 0.29) is 18.4 Å². The molecule has 10 heteroatoms. The number of nitrogens with one attached hydrogen (secondary N) is 2. The number of esters is 1. The number of fused-ring (bicyclic) bond motifs is 1. The number of aryl methyl sites for hydroxylation is 2. The van der Waals surface area contributed by atoms with Crippen LogP contribution in [-0.4, -0.2) is 42.4 Å². The molecule has 0 radical (unpaired) electrons. The van der Waals surface area contributed by atoms with Gasteiger partial charge in [0.1, 0.15) is 12.6 Å². The Morgan fingerprint density at radius 1 is 0.911 bits per heavy atom. The number of para-hydroxylation sites is 2. The smallest absolute Gasteiger partial charge is 0.408 e. The van der Waals surface area contributed by atoms with E-state index < -0.39 is 24.8 Å². The van der Waals surface area contributed by atoms with Gasteiger partial charge in [0.25, 0.3) is 0 Å². The van der Waals surface area contributed by atoms with Crippen LogP contribution in [0.2, 0.25) is 0 Å². The van der Waals surface area contributed by atoms with E-state index in [1.807, 2.05) is 72.9 Å². The van der Waals surface area contributed by atoms with Crippen LogP contribution in [0.5, 0.6) is 11.8 Å². The number of aromatic amines is 1. The normalized spacial score (nSPS) is 13.2. The van der Waals surface area contributed by atoms with E-state index in [1.165, 1.54) is 12.5 Å². The molecule has 4 heterocycles. The number of alkyl carbamates (subject to hydrolysis) is 1. The van der Waals surface area contributed by atoms with Crippen molar-refractivity contribution in [3.8, 4) is 34.0 Å². The number of aromatic nitrogens is 3.